The van der Waals surface area contributed by atoms with Gasteiger partial charge in [0.2, 0.25) is 0 Å². The first-order valence-corrected chi connectivity index (χ1v) is 8.19. The molecule has 0 atom stereocenters. The fourth-order valence-electron chi connectivity index (χ4n) is 2.14. The highest BCUT2D eigenvalue weighted by Gasteiger charge is 2.09. The van der Waals surface area contributed by atoms with E-state index < -0.39 is 0 Å². The fraction of sp³-hybridized carbons (Fsp3) is 0.250. The molecule has 118 valence electrons. The highest BCUT2D eigenvalue weighted by atomic mass is 35.5. The summed E-state index contributed by atoms with van der Waals surface area (Å²) < 4.78 is 5.31. The van der Waals surface area contributed by atoms with Crippen molar-refractivity contribution in [2.24, 2.45) is 0 Å². The lowest BCUT2D eigenvalue weighted by Gasteiger charge is -2.12. The van der Waals surface area contributed by atoms with Crippen LogP contribution in [-0.2, 0) is 13.0 Å². The summed E-state index contributed by atoms with van der Waals surface area (Å²) in [6.07, 6.45) is 0.798. The molecule has 2 rings (SSSR count). The third-order valence-electron chi connectivity index (χ3n) is 3.19. The van der Waals surface area contributed by atoms with Crippen LogP contribution in [0.1, 0.15) is 11.1 Å². The minimum Gasteiger partial charge on any atom is -0.495 e. The zero-order valence-electron chi connectivity index (χ0n) is 11.9. The van der Waals surface area contributed by atoms with E-state index in [0.717, 1.165) is 24.1 Å². The molecule has 0 saturated heterocycles. The van der Waals surface area contributed by atoms with Gasteiger partial charge in [0.1, 0.15) is 5.75 Å². The first-order valence-electron chi connectivity index (χ1n) is 6.68. The maximum atomic E-state index is 6.15. The van der Waals surface area contributed by atoms with Gasteiger partial charge in [0, 0.05) is 27.2 Å². The second kappa shape index (κ2) is 8.28. The molecule has 0 heterocycles. The Morgan fingerprint density at radius 1 is 0.909 bits per heavy atom. The van der Waals surface area contributed by atoms with Gasteiger partial charge in [0.05, 0.1) is 12.1 Å². The maximum Gasteiger partial charge on any atom is 0.142 e. The highest BCUT2D eigenvalue weighted by molar-refractivity contribution is 6.36. The van der Waals surface area contributed by atoms with Gasteiger partial charge in [-0.25, -0.2) is 0 Å². The van der Waals surface area contributed by atoms with Crippen LogP contribution in [-0.4, -0.2) is 13.7 Å². The summed E-state index contributed by atoms with van der Waals surface area (Å²) in [6.45, 7) is 1.36. The largest absolute Gasteiger partial charge is 0.495 e. The van der Waals surface area contributed by atoms with Gasteiger partial charge < -0.3 is 10.1 Å². The monoisotopic (exact) mass is 377 g/mol. The van der Waals surface area contributed by atoms with Gasteiger partial charge in [-0.3, -0.25) is 0 Å². The average Bonchev–Trinajstić information content (AvgIpc) is 2.45. The van der Waals surface area contributed by atoms with Crippen molar-refractivity contribution in [1.82, 2.24) is 5.32 Å². The summed E-state index contributed by atoms with van der Waals surface area (Å²) in [5.41, 5.74) is 1.97. The van der Waals surface area contributed by atoms with E-state index in [4.69, 9.17) is 51.1 Å². The molecule has 0 saturated carbocycles. The van der Waals surface area contributed by atoms with Gasteiger partial charge >= 0.3 is 0 Å². The average molecular weight is 379 g/mol. The maximum absolute atomic E-state index is 6.15. The van der Waals surface area contributed by atoms with Crippen molar-refractivity contribution in [2.75, 3.05) is 13.7 Å². The molecule has 0 spiro atoms. The fourth-order valence-corrected chi connectivity index (χ4v) is 3.26. The quantitative estimate of drug-likeness (QED) is 0.656. The van der Waals surface area contributed by atoms with E-state index in [1.54, 1.807) is 19.2 Å². The number of nitrogens with one attached hydrogen (secondary N) is 1. The lowest BCUT2D eigenvalue weighted by Crippen LogP contribution is -2.17. The van der Waals surface area contributed by atoms with Crippen LogP contribution >= 0.6 is 46.4 Å². The summed E-state index contributed by atoms with van der Waals surface area (Å²) in [4.78, 5) is 0. The van der Waals surface area contributed by atoms with Crippen molar-refractivity contribution >= 4 is 46.4 Å². The van der Waals surface area contributed by atoms with Crippen LogP contribution in [0.15, 0.2) is 30.3 Å². The molecule has 22 heavy (non-hydrogen) atoms. The normalized spacial score (nSPS) is 10.8. The van der Waals surface area contributed by atoms with Gasteiger partial charge in [-0.05, 0) is 42.8 Å². The van der Waals surface area contributed by atoms with Crippen molar-refractivity contribution in [1.29, 1.82) is 0 Å². The standard InChI is InChI=1S/C16H15Cl4NO/c1-22-16-11(6-13(18)8-15(16)20)9-21-5-4-10-2-3-12(17)7-14(10)19/h2-3,6-8,21H,4-5,9H2,1H3. The van der Waals surface area contributed by atoms with E-state index in [9.17, 15) is 0 Å². The van der Waals surface area contributed by atoms with Crippen LogP contribution in [0.5, 0.6) is 5.75 Å². The Balaban J connectivity index is 1.94. The Labute approximate surface area is 150 Å². The number of ether oxygens (including phenoxy) is 1. The molecular weight excluding hydrogens is 364 g/mol. The molecule has 0 radical (unpaired) electrons. The van der Waals surface area contributed by atoms with Crippen LogP contribution < -0.4 is 10.1 Å². The van der Waals surface area contributed by atoms with E-state index in [2.05, 4.69) is 5.32 Å². The molecule has 0 aliphatic heterocycles. The molecule has 0 amide bonds. The third kappa shape index (κ3) is 4.68. The van der Waals surface area contributed by atoms with E-state index in [0.29, 0.717) is 32.4 Å². The highest BCUT2D eigenvalue weighted by Crippen LogP contribution is 2.32. The third-order valence-corrected chi connectivity index (χ3v) is 4.28. The van der Waals surface area contributed by atoms with Crippen LogP contribution in [0, 0.1) is 0 Å². The second-order valence-electron chi connectivity index (χ2n) is 4.74. The molecule has 0 aliphatic rings. The first-order chi connectivity index (χ1) is 10.5. The van der Waals surface area contributed by atoms with E-state index in [1.807, 2.05) is 18.2 Å². The Bertz CT molecular complexity index is 661. The molecule has 2 aromatic rings. The van der Waals surface area contributed by atoms with Crippen molar-refractivity contribution in [2.45, 2.75) is 13.0 Å². The predicted molar refractivity (Wildman–Crippen MR) is 94.9 cm³/mol. The predicted octanol–water partition coefficient (Wildman–Crippen LogP) is 5.64. The minimum absolute atomic E-state index is 0.507. The smallest absolute Gasteiger partial charge is 0.142 e. The van der Waals surface area contributed by atoms with Gasteiger partial charge in [0.25, 0.3) is 0 Å². The summed E-state index contributed by atoms with van der Waals surface area (Å²) in [5, 5.41) is 5.74. The number of hydrogen-bond donors (Lipinski definition) is 1. The Hall–Kier alpha value is -0.640. The second-order valence-corrected chi connectivity index (χ2v) is 6.43. The topological polar surface area (TPSA) is 21.3 Å². The number of halogens is 4. The van der Waals surface area contributed by atoms with E-state index in [-0.39, 0.29) is 0 Å². The Morgan fingerprint density at radius 3 is 2.32 bits per heavy atom. The number of benzene rings is 2. The van der Waals surface area contributed by atoms with Crippen molar-refractivity contribution in [3.63, 3.8) is 0 Å². The molecule has 0 unspecified atom stereocenters. The van der Waals surface area contributed by atoms with E-state index >= 15 is 0 Å². The molecule has 2 nitrogen and oxygen atoms in total. The number of hydrogen-bond acceptors (Lipinski definition) is 2. The Morgan fingerprint density at radius 2 is 1.64 bits per heavy atom. The first kappa shape index (κ1) is 17.7. The molecule has 0 aliphatic carbocycles. The number of rotatable bonds is 6. The van der Waals surface area contributed by atoms with Crippen molar-refractivity contribution in [3.05, 3.63) is 61.5 Å². The van der Waals surface area contributed by atoms with Gasteiger partial charge in [-0.2, -0.15) is 0 Å². The lowest BCUT2D eigenvalue weighted by molar-refractivity contribution is 0.408. The zero-order valence-corrected chi connectivity index (χ0v) is 15.0. The van der Waals surface area contributed by atoms with Crippen LogP contribution in [0.25, 0.3) is 0 Å². The summed E-state index contributed by atoms with van der Waals surface area (Å²) in [6, 6.07) is 9.03. The molecular formula is C16H15Cl4NO. The zero-order chi connectivity index (χ0) is 16.1. The molecule has 0 aromatic heterocycles. The van der Waals surface area contributed by atoms with Gasteiger partial charge in [0.15, 0.2) is 0 Å². The lowest BCUT2D eigenvalue weighted by atomic mass is 10.1. The van der Waals surface area contributed by atoms with E-state index in [1.165, 1.54) is 0 Å². The Kier molecular flexibility index (Phi) is 6.66. The molecule has 0 fully saturated rings. The van der Waals surface area contributed by atoms with Crippen molar-refractivity contribution in [3.8, 4) is 5.75 Å². The van der Waals surface area contributed by atoms with Crippen LogP contribution in [0.3, 0.4) is 0 Å². The minimum atomic E-state index is 0.507. The molecule has 6 heteroatoms. The number of methoxy groups -OCH3 is 1. The molecule has 0 bridgehead atoms. The molecule has 1 N–H and O–H groups in total. The summed E-state index contributed by atoms with van der Waals surface area (Å²) in [7, 11) is 1.59. The van der Waals surface area contributed by atoms with Crippen LogP contribution in [0.2, 0.25) is 20.1 Å². The van der Waals surface area contributed by atoms with Crippen LogP contribution in [0.4, 0.5) is 0 Å². The van der Waals surface area contributed by atoms with Crippen molar-refractivity contribution < 1.29 is 4.74 Å². The molecule has 2 aromatic carbocycles. The SMILES string of the molecule is COc1c(Cl)cc(Cl)cc1CNCCc1ccc(Cl)cc1Cl. The van der Waals surface area contributed by atoms with Gasteiger partial charge in [-0.15, -0.1) is 0 Å². The summed E-state index contributed by atoms with van der Waals surface area (Å²) in [5.74, 6) is 0.642. The van der Waals surface area contributed by atoms with Gasteiger partial charge in [-0.1, -0.05) is 52.5 Å². The summed E-state index contributed by atoms with van der Waals surface area (Å²) >= 11 is 24.2.